The van der Waals surface area contributed by atoms with Crippen molar-refractivity contribution in [3.63, 3.8) is 0 Å². The fourth-order valence-electron chi connectivity index (χ4n) is 2.52. The number of carboxylic acids is 1. The molecule has 0 fully saturated rings. The van der Waals surface area contributed by atoms with E-state index in [1.165, 1.54) is 25.2 Å². The van der Waals surface area contributed by atoms with E-state index in [-0.39, 0.29) is 0 Å². The Balaban J connectivity index is 1.93. The van der Waals surface area contributed by atoms with Gasteiger partial charge in [0, 0.05) is 10.4 Å². The van der Waals surface area contributed by atoms with Gasteiger partial charge in [0.2, 0.25) is 0 Å². The van der Waals surface area contributed by atoms with Gasteiger partial charge in [0.25, 0.3) is 5.91 Å². The first kappa shape index (κ1) is 18.4. The summed E-state index contributed by atoms with van der Waals surface area (Å²) < 4.78 is 1.82. The summed E-state index contributed by atoms with van der Waals surface area (Å²) in [4.78, 5) is 25.0. The number of rotatable bonds is 5. The number of hydrogen-bond acceptors (Lipinski definition) is 4. The second-order valence-electron chi connectivity index (χ2n) is 6.55. The summed E-state index contributed by atoms with van der Waals surface area (Å²) >= 11 is 7.52. The van der Waals surface area contributed by atoms with E-state index in [4.69, 9.17) is 11.6 Å². The third-order valence-electron chi connectivity index (χ3n) is 4.07. The number of carbonyl (C=O) groups is 2. The SMILES string of the molecule is Cc1nn(Cc2ccccc2Cl)c2sc(C(=O)NC(C)(C)C(=O)O)cc12. The normalized spacial score (nSPS) is 11.7. The number of benzene rings is 1. The average molecular weight is 392 g/mol. The van der Waals surface area contributed by atoms with Crippen LogP contribution in [0, 0.1) is 6.92 Å². The van der Waals surface area contributed by atoms with Crippen molar-refractivity contribution in [2.45, 2.75) is 32.9 Å². The van der Waals surface area contributed by atoms with Crippen molar-refractivity contribution in [3.8, 4) is 0 Å². The monoisotopic (exact) mass is 391 g/mol. The molecule has 1 amide bonds. The molecule has 0 saturated carbocycles. The molecule has 3 aromatic rings. The van der Waals surface area contributed by atoms with Crippen molar-refractivity contribution in [1.29, 1.82) is 0 Å². The van der Waals surface area contributed by atoms with Gasteiger partial charge >= 0.3 is 5.97 Å². The van der Waals surface area contributed by atoms with Crippen molar-refractivity contribution in [2.75, 3.05) is 0 Å². The molecule has 26 heavy (non-hydrogen) atoms. The third kappa shape index (κ3) is 3.45. The quantitative estimate of drug-likeness (QED) is 0.694. The Labute approximate surface area is 159 Å². The Morgan fingerprint density at radius 3 is 2.69 bits per heavy atom. The van der Waals surface area contributed by atoms with Gasteiger partial charge in [-0.15, -0.1) is 11.3 Å². The molecule has 0 atom stereocenters. The van der Waals surface area contributed by atoms with Crippen LogP contribution in [0.15, 0.2) is 30.3 Å². The van der Waals surface area contributed by atoms with Gasteiger partial charge in [-0.3, -0.25) is 9.48 Å². The van der Waals surface area contributed by atoms with E-state index in [0.717, 1.165) is 21.5 Å². The lowest BCUT2D eigenvalue weighted by atomic mass is 10.1. The van der Waals surface area contributed by atoms with Crippen molar-refractivity contribution in [2.24, 2.45) is 0 Å². The lowest BCUT2D eigenvalue weighted by molar-refractivity contribution is -0.143. The van der Waals surface area contributed by atoms with Crippen LogP contribution in [0.25, 0.3) is 10.2 Å². The second-order valence-corrected chi connectivity index (χ2v) is 7.99. The highest BCUT2D eigenvalue weighted by Gasteiger charge is 2.30. The smallest absolute Gasteiger partial charge is 0.328 e. The predicted octanol–water partition coefficient (Wildman–Crippen LogP) is 3.70. The standard InChI is InChI=1S/C18H18ClN3O3S/c1-10-12-8-14(15(23)20-18(2,3)17(24)25)26-16(12)22(21-10)9-11-6-4-5-7-13(11)19/h4-8H,9H2,1-3H3,(H,20,23)(H,24,25). The van der Waals surface area contributed by atoms with Crippen LogP contribution in [-0.2, 0) is 11.3 Å². The topological polar surface area (TPSA) is 84.2 Å². The molecule has 6 nitrogen and oxygen atoms in total. The predicted molar refractivity (Wildman–Crippen MR) is 102 cm³/mol. The van der Waals surface area contributed by atoms with E-state index in [1.54, 1.807) is 6.07 Å². The zero-order valence-electron chi connectivity index (χ0n) is 14.5. The van der Waals surface area contributed by atoms with Gasteiger partial charge in [0.05, 0.1) is 17.1 Å². The first-order chi connectivity index (χ1) is 12.2. The molecule has 0 unspecified atom stereocenters. The maximum Gasteiger partial charge on any atom is 0.328 e. The lowest BCUT2D eigenvalue weighted by Gasteiger charge is -2.20. The number of carbonyl (C=O) groups excluding carboxylic acids is 1. The molecule has 2 heterocycles. The number of halogens is 1. The van der Waals surface area contributed by atoms with Gasteiger partial charge < -0.3 is 10.4 Å². The van der Waals surface area contributed by atoms with E-state index in [0.29, 0.717) is 16.4 Å². The van der Waals surface area contributed by atoms with Crippen LogP contribution in [-0.4, -0.2) is 32.3 Å². The summed E-state index contributed by atoms with van der Waals surface area (Å²) in [5.74, 6) is -1.50. The Morgan fingerprint density at radius 2 is 2.04 bits per heavy atom. The maximum atomic E-state index is 12.5. The van der Waals surface area contributed by atoms with Crippen LogP contribution in [0.4, 0.5) is 0 Å². The van der Waals surface area contributed by atoms with Crippen molar-refractivity contribution in [1.82, 2.24) is 15.1 Å². The number of aliphatic carboxylic acids is 1. The first-order valence-electron chi connectivity index (χ1n) is 7.95. The number of aryl methyl sites for hydroxylation is 1. The van der Waals surface area contributed by atoms with Gasteiger partial charge in [0.15, 0.2) is 0 Å². The van der Waals surface area contributed by atoms with Gasteiger partial charge in [-0.1, -0.05) is 29.8 Å². The zero-order valence-corrected chi connectivity index (χ0v) is 16.1. The third-order valence-corrected chi connectivity index (χ3v) is 5.59. The molecule has 0 spiro atoms. The molecule has 0 aliphatic heterocycles. The fraction of sp³-hybridized carbons (Fsp3) is 0.278. The van der Waals surface area contributed by atoms with Gasteiger partial charge in [-0.05, 0) is 38.5 Å². The van der Waals surface area contributed by atoms with Crippen LogP contribution in [0.2, 0.25) is 5.02 Å². The minimum Gasteiger partial charge on any atom is -0.480 e. The molecule has 0 aliphatic carbocycles. The Morgan fingerprint density at radius 1 is 1.35 bits per heavy atom. The summed E-state index contributed by atoms with van der Waals surface area (Å²) in [5.41, 5.74) is 0.399. The number of fused-ring (bicyclic) bond motifs is 1. The van der Waals surface area contributed by atoms with Crippen molar-refractivity contribution < 1.29 is 14.7 Å². The number of nitrogens with zero attached hydrogens (tertiary/aromatic N) is 2. The summed E-state index contributed by atoms with van der Waals surface area (Å²) in [6, 6.07) is 9.29. The van der Waals surface area contributed by atoms with Crippen LogP contribution >= 0.6 is 22.9 Å². The average Bonchev–Trinajstić information content (AvgIpc) is 3.11. The highest BCUT2D eigenvalue weighted by atomic mass is 35.5. The minimum absolute atomic E-state index is 0.415. The van der Waals surface area contributed by atoms with E-state index in [2.05, 4.69) is 10.4 Å². The zero-order chi connectivity index (χ0) is 19.1. The summed E-state index contributed by atoms with van der Waals surface area (Å²) in [5, 5.41) is 17.8. The highest BCUT2D eigenvalue weighted by molar-refractivity contribution is 7.20. The molecule has 2 N–H and O–H groups in total. The van der Waals surface area contributed by atoms with Crippen LogP contribution < -0.4 is 5.32 Å². The van der Waals surface area contributed by atoms with E-state index >= 15 is 0 Å². The molecule has 0 saturated heterocycles. The molecule has 0 radical (unpaired) electrons. The van der Waals surface area contributed by atoms with E-state index in [9.17, 15) is 14.7 Å². The summed E-state index contributed by atoms with van der Waals surface area (Å²) in [7, 11) is 0. The number of hydrogen-bond donors (Lipinski definition) is 2. The molecule has 2 aromatic heterocycles. The van der Waals surface area contributed by atoms with Crippen LogP contribution in [0.1, 0.15) is 34.8 Å². The number of nitrogens with one attached hydrogen (secondary N) is 1. The molecule has 1 aromatic carbocycles. The molecule has 136 valence electrons. The summed E-state index contributed by atoms with van der Waals surface area (Å²) in [6.45, 7) is 5.27. The Kier molecular flexibility index (Phi) is 4.77. The second kappa shape index (κ2) is 6.74. The molecule has 3 rings (SSSR count). The number of carboxylic acid groups (broad SMARTS) is 1. The molecular formula is C18H18ClN3O3S. The van der Waals surface area contributed by atoms with Crippen molar-refractivity contribution >= 4 is 45.0 Å². The first-order valence-corrected chi connectivity index (χ1v) is 9.15. The number of thiophene rings is 1. The van der Waals surface area contributed by atoms with Gasteiger partial charge in [-0.2, -0.15) is 5.10 Å². The molecule has 0 aliphatic rings. The minimum atomic E-state index is -1.34. The van der Waals surface area contributed by atoms with Crippen molar-refractivity contribution in [3.05, 3.63) is 51.5 Å². The fourth-order valence-corrected chi connectivity index (χ4v) is 3.77. The van der Waals surface area contributed by atoms with Gasteiger partial charge in [-0.25, -0.2) is 4.79 Å². The van der Waals surface area contributed by atoms with Gasteiger partial charge in [0.1, 0.15) is 10.4 Å². The highest BCUT2D eigenvalue weighted by Crippen LogP contribution is 2.30. The van der Waals surface area contributed by atoms with E-state index in [1.807, 2.05) is 35.9 Å². The Bertz CT molecular complexity index is 1010. The summed E-state index contributed by atoms with van der Waals surface area (Å²) in [6.07, 6.45) is 0. The number of aromatic nitrogens is 2. The maximum absolute atomic E-state index is 12.5. The molecule has 8 heteroatoms. The van der Waals surface area contributed by atoms with Crippen LogP contribution in [0.5, 0.6) is 0 Å². The molecular weight excluding hydrogens is 374 g/mol. The Hall–Kier alpha value is -2.38. The molecule has 0 bridgehead atoms. The largest absolute Gasteiger partial charge is 0.480 e. The van der Waals surface area contributed by atoms with Crippen LogP contribution in [0.3, 0.4) is 0 Å². The van der Waals surface area contributed by atoms with E-state index < -0.39 is 17.4 Å². The lowest BCUT2D eigenvalue weighted by Crippen LogP contribution is -2.49. The number of amides is 1.